The molecule has 124 valence electrons. The van der Waals surface area contributed by atoms with Crippen molar-refractivity contribution in [3.63, 3.8) is 0 Å². The first-order valence-corrected chi connectivity index (χ1v) is 8.54. The summed E-state index contributed by atoms with van der Waals surface area (Å²) in [6.45, 7) is 0.281. The van der Waals surface area contributed by atoms with Crippen LogP contribution < -0.4 is 16.2 Å². The van der Waals surface area contributed by atoms with Crippen LogP contribution in [0.25, 0.3) is 0 Å². The molecule has 0 bridgehead atoms. The number of halogens is 1. The van der Waals surface area contributed by atoms with E-state index in [1.54, 1.807) is 0 Å². The van der Waals surface area contributed by atoms with Crippen molar-refractivity contribution in [3.8, 4) is 0 Å². The van der Waals surface area contributed by atoms with E-state index >= 15 is 0 Å². The van der Waals surface area contributed by atoms with Crippen LogP contribution >= 0.6 is 12.4 Å². The van der Waals surface area contributed by atoms with Gasteiger partial charge in [0.25, 0.3) is 0 Å². The number of amides is 1. The summed E-state index contributed by atoms with van der Waals surface area (Å²) >= 11 is 0. The monoisotopic (exact) mass is 347 g/mol. The summed E-state index contributed by atoms with van der Waals surface area (Å²) < 4.78 is 27.4. The van der Waals surface area contributed by atoms with Crippen LogP contribution in [0.15, 0.2) is 29.2 Å². The van der Waals surface area contributed by atoms with Crippen molar-refractivity contribution in [2.75, 3.05) is 6.54 Å². The number of hydrogen-bond donors (Lipinski definition) is 3. The fraction of sp³-hybridized carbons (Fsp3) is 0.500. The molecule has 0 heterocycles. The Morgan fingerprint density at radius 3 is 2.23 bits per heavy atom. The van der Waals surface area contributed by atoms with E-state index in [9.17, 15) is 13.2 Å². The number of rotatable bonds is 6. The van der Waals surface area contributed by atoms with Gasteiger partial charge in [0.2, 0.25) is 15.9 Å². The van der Waals surface area contributed by atoms with E-state index in [1.807, 2.05) is 0 Å². The van der Waals surface area contributed by atoms with E-state index in [4.69, 9.17) is 11.5 Å². The number of carbonyl (C=O) groups is 1. The van der Waals surface area contributed by atoms with E-state index in [0.717, 1.165) is 25.7 Å². The van der Waals surface area contributed by atoms with E-state index in [0.29, 0.717) is 5.92 Å². The molecule has 1 fully saturated rings. The molecular weight excluding hydrogens is 326 g/mol. The Kier molecular flexibility index (Phi) is 6.80. The highest BCUT2D eigenvalue weighted by atomic mass is 35.5. The van der Waals surface area contributed by atoms with E-state index in [-0.39, 0.29) is 35.5 Å². The maximum absolute atomic E-state index is 12.4. The molecule has 1 atom stereocenters. The average Bonchev–Trinajstić information content (AvgIpc) is 2.99. The van der Waals surface area contributed by atoms with Crippen LogP contribution in [0.4, 0.5) is 0 Å². The van der Waals surface area contributed by atoms with Gasteiger partial charge in [-0.2, -0.15) is 0 Å². The smallest absolute Gasteiger partial charge is 0.248 e. The molecule has 2 rings (SSSR count). The molecule has 0 spiro atoms. The second-order valence-corrected chi connectivity index (χ2v) is 7.11. The van der Waals surface area contributed by atoms with E-state index in [1.165, 1.54) is 24.3 Å². The predicted molar refractivity (Wildman–Crippen MR) is 87.3 cm³/mol. The normalized spacial score (nSPS) is 17.0. The first-order valence-electron chi connectivity index (χ1n) is 7.06. The van der Waals surface area contributed by atoms with Gasteiger partial charge in [-0.15, -0.1) is 12.4 Å². The molecule has 0 radical (unpaired) electrons. The molecule has 8 heteroatoms. The van der Waals surface area contributed by atoms with Gasteiger partial charge in [0.15, 0.2) is 0 Å². The predicted octanol–water partition coefficient (Wildman–Crippen LogP) is 1.00. The third-order valence-electron chi connectivity index (χ3n) is 3.98. The zero-order chi connectivity index (χ0) is 15.5. The summed E-state index contributed by atoms with van der Waals surface area (Å²) in [7, 11) is -3.63. The molecule has 1 aliphatic rings. The highest BCUT2D eigenvalue weighted by Gasteiger charge is 2.28. The Hall–Kier alpha value is -1.15. The summed E-state index contributed by atoms with van der Waals surface area (Å²) in [5, 5.41) is 0. The SMILES string of the molecule is Cl.NCC(NS(=O)(=O)c1ccc(C(N)=O)cc1)C1CCCC1. The zero-order valence-corrected chi connectivity index (χ0v) is 13.8. The summed E-state index contributed by atoms with van der Waals surface area (Å²) in [6, 6.07) is 5.33. The van der Waals surface area contributed by atoms with Gasteiger partial charge in [0.05, 0.1) is 4.90 Å². The Labute approximate surface area is 137 Å². The molecule has 1 saturated carbocycles. The van der Waals surface area contributed by atoms with Crippen molar-refractivity contribution < 1.29 is 13.2 Å². The summed E-state index contributed by atoms with van der Waals surface area (Å²) in [5.41, 5.74) is 11.1. The molecule has 1 amide bonds. The third kappa shape index (κ3) is 4.42. The summed E-state index contributed by atoms with van der Waals surface area (Å²) in [4.78, 5) is 11.1. The molecule has 1 aliphatic carbocycles. The van der Waals surface area contributed by atoms with Crippen LogP contribution in [0.5, 0.6) is 0 Å². The Morgan fingerprint density at radius 2 is 1.77 bits per heavy atom. The topological polar surface area (TPSA) is 115 Å². The van der Waals surface area contributed by atoms with Gasteiger partial charge >= 0.3 is 0 Å². The van der Waals surface area contributed by atoms with Gasteiger partial charge in [-0.1, -0.05) is 12.8 Å². The molecule has 1 unspecified atom stereocenters. The van der Waals surface area contributed by atoms with Crippen molar-refractivity contribution in [3.05, 3.63) is 29.8 Å². The lowest BCUT2D eigenvalue weighted by molar-refractivity contribution is 0.1000. The van der Waals surface area contributed by atoms with Gasteiger partial charge in [0, 0.05) is 18.2 Å². The fourth-order valence-electron chi connectivity index (χ4n) is 2.76. The molecule has 0 aliphatic heterocycles. The number of sulfonamides is 1. The number of nitrogens with two attached hydrogens (primary N) is 2. The van der Waals surface area contributed by atoms with Crippen molar-refractivity contribution >= 4 is 28.3 Å². The second kappa shape index (κ2) is 7.92. The minimum Gasteiger partial charge on any atom is -0.366 e. The highest BCUT2D eigenvalue weighted by molar-refractivity contribution is 7.89. The quantitative estimate of drug-likeness (QED) is 0.712. The van der Waals surface area contributed by atoms with Crippen LogP contribution in [0.3, 0.4) is 0 Å². The molecule has 1 aromatic carbocycles. The van der Waals surface area contributed by atoms with Gasteiger partial charge in [-0.05, 0) is 43.0 Å². The van der Waals surface area contributed by atoms with Crippen LogP contribution in [-0.4, -0.2) is 26.9 Å². The first kappa shape index (κ1) is 18.9. The zero-order valence-electron chi connectivity index (χ0n) is 12.2. The van der Waals surface area contributed by atoms with Gasteiger partial charge < -0.3 is 11.5 Å². The van der Waals surface area contributed by atoms with Crippen molar-refractivity contribution in [1.82, 2.24) is 4.72 Å². The van der Waals surface area contributed by atoms with Crippen LogP contribution in [-0.2, 0) is 10.0 Å². The molecule has 5 N–H and O–H groups in total. The number of hydrogen-bond acceptors (Lipinski definition) is 4. The molecule has 22 heavy (non-hydrogen) atoms. The molecule has 0 aromatic heterocycles. The highest BCUT2D eigenvalue weighted by Crippen LogP contribution is 2.28. The van der Waals surface area contributed by atoms with Crippen LogP contribution in [0.1, 0.15) is 36.0 Å². The lowest BCUT2D eigenvalue weighted by atomic mass is 9.99. The summed E-state index contributed by atoms with van der Waals surface area (Å²) in [5.74, 6) is -0.285. The molecule has 0 saturated heterocycles. The average molecular weight is 348 g/mol. The van der Waals surface area contributed by atoms with Gasteiger partial charge in [-0.25, -0.2) is 13.1 Å². The van der Waals surface area contributed by atoms with Gasteiger partial charge in [0.1, 0.15) is 0 Å². The lowest BCUT2D eigenvalue weighted by Crippen LogP contribution is -2.44. The minimum atomic E-state index is -3.63. The van der Waals surface area contributed by atoms with Crippen molar-refractivity contribution in [2.45, 2.75) is 36.6 Å². The van der Waals surface area contributed by atoms with Gasteiger partial charge in [-0.3, -0.25) is 4.79 Å². The Bertz CT molecular complexity index is 598. The molecular formula is C14H22ClN3O3S. The number of carbonyl (C=O) groups excluding carboxylic acids is 1. The van der Waals surface area contributed by atoms with E-state index < -0.39 is 15.9 Å². The summed E-state index contributed by atoms with van der Waals surface area (Å²) in [6.07, 6.45) is 4.25. The Balaban J connectivity index is 0.00000242. The minimum absolute atomic E-state index is 0. The Morgan fingerprint density at radius 1 is 1.23 bits per heavy atom. The maximum Gasteiger partial charge on any atom is 0.248 e. The van der Waals surface area contributed by atoms with E-state index in [2.05, 4.69) is 4.72 Å². The standard InChI is InChI=1S/C14H21N3O3S.ClH/c15-9-13(10-3-1-2-4-10)17-21(19,20)12-7-5-11(6-8-12)14(16)18;/h5-8,10,13,17H,1-4,9,15H2,(H2,16,18);1H. The second-order valence-electron chi connectivity index (χ2n) is 5.40. The number of nitrogens with one attached hydrogen (secondary N) is 1. The van der Waals surface area contributed by atoms with Crippen molar-refractivity contribution in [1.29, 1.82) is 0 Å². The van der Waals surface area contributed by atoms with Crippen LogP contribution in [0.2, 0.25) is 0 Å². The lowest BCUT2D eigenvalue weighted by Gasteiger charge is -2.23. The molecule has 1 aromatic rings. The fourth-order valence-corrected chi connectivity index (χ4v) is 4.08. The van der Waals surface area contributed by atoms with Crippen LogP contribution in [0, 0.1) is 5.92 Å². The number of primary amides is 1. The third-order valence-corrected chi connectivity index (χ3v) is 5.48. The maximum atomic E-state index is 12.4. The largest absolute Gasteiger partial charge is 0.366 e. The first-order chi connectivity index (χ1) is 9.94. The van der Waals surface area contributed by atoms with Crippen molar-refractivity contribution in [2.24, 2.45) is 17.4 Å². The molecule has 6 nitrogen and oxygen atoms in total. The number of benzene rings is 1.